The van der Waals surface area contributed by atoms with Crippen molar-refractivity contribution in [1.29, 1.82) is 0 Å². The standard InChI is InChI=1S/C37H46N6O7/c1-23(44)39-21-26-11-9-25(10-12-26)18-32(35(38)47)42-34(46)19-28-6-3-4-7-29(28)22-40-37(49)33(20-31-8-5-17-50-31)43-36(48)27-13-15-30(16-14-27)41-24(2)45/h3-12,17,27,30,32-33H,13-16,18-22H2,1-2H3,(H2,38,47)(H,39,44)(H,40,49)(H,41,45)(H,42,46)(H,43,48)/t27-,30+,32-,33-/m0/s1. The van der Waals surface area contributed by atoms with Gasteiger partial charge in [-0.2, -0.15) is 0 Å². The van der Waals surface area contributed by atoms with Gasteiger partial charge in [-0.25, -0.2) is 0 Å². The highest BCUT2D eigenvalue weighted by Gasteiger charge is 2.30. The summed E-state index contributed by atoms with van der Waals surface area (Å²) >= 11 is 0. The molecule has 0 aliphatic heterocycles. The molecule has 7 N–H and O–H groups in total. The molecule has 266 valence electrons. The molecule has 13 nitrogen and oxygen atoms in total. The van der Waals surface area contributed by atoms with Crippen LogP contribution in [0, 0.1) is 5.92 Å². The molecule has 3 aromatic rings. The summed E-state index contributed by atoms with van der Waals surface area (Å²) in [5.74, 6) is -1.67. The van der Waals surface area contributed by atoms with Gasteiger partial charge >= 0.3 is 0 Å². The van der Waals surface area contributed by atoms with Crippen molar-refractivity contribution in [1.82, 2.24) is 26.6 Å². The molecule has 0 spiro atoms. The van der Waals surface area contributed by atoms with E-state index in [0.717, 1.165) is 11.1 Å². The number of carbonyl (C=O) groups excluding carboxylic acids is 6. The quantitative estimate of drug-likeness (QED) is 0.132. The maximum Gasteiger partial charge on any atom is 0.243 e. The summed E-state index contributed by atoms with van der Waals surface area (Å²) in [6.45, 7) is 3.40. The predicted molar refractivity (Wildman–Crippen MR) is 185 cm³/mol. The third-order valence-electron chi connectivity index (χ3n) is 8.73. The second-order valence-electron chi connectivity index (χ2n) is 12.7. The number of nitrogens with two attached hydrogens (primary N) is 1. The maximum atomic E-state index is 13.5. The average Bonchev–Trinajstić information content (AvgIpc) is 3.60. The van der Waals surface area contributed by atoms with E-state index in [2.05, 4.69) is 26.6 Å². The predicted octanol–water partition coefficient (Wildman–Crippen LogP) is 1.71. The van der Waals surface area contributed by atoms with Crippen molar-refractivity contribution >= 4 is 35.4 Å². The van der Waals surface area contributed by atoms with Crippen LogP contribution in [0.2, 0.25) is 0 Å². The Kier molecular flexibility index (Phi) is 13.7. The molecule has 0 unspecified atom stereocenters. The third kappa shape index (κ3) is 11.9. The number of rotatable bonds is 16. The van der Waals surface area contributed by atoms with Crippen molar-refractivity contribution < 1.29 is 33.2 Å². The van der Waals surface area contributed by atoms with Gasteiger partial charge in [0.2, 0.25) is 35.4 Å². The van der Waals surface area contributed by atoms with E-state index in [-0.39, 0.29) is 55.5 Å². The van der Waals surface area contributed by atoms with Gasteiger partial charge in [-0.3, -0.25) is 28.8 Å². The van der Waals surface area contributed by atoms with Gasteiger partial charge in [0.25, 0.3) is 0 Å². The van der Waals surface area contributed by atoms with E-state index in [1.54, 1.807) is 36.4 Å². The van der Waals surface area contributed by atoms with Crippen LogP contribution in [0.15, 0.2) is 71.3 Å². The molecule has 0 saturated heterocycles. The molecule has 0 bridgehead atoms. The van der Waals surface area contributed by atoms with E-state index in [9.17, 15) is 28.8 Å². The maximum absolute atomic E-state index is 13.5. The van der Waals surface area contributed by atoms with Crippen LogP contribution in [0.5, 0.6) is 0 Å². The topological polar surface area (TPSA) is 202 Å². The van der Waals surface area contributed by atoms with Crippen molar-refractivity contribution in [2.45, 2.75) is 90.0 Å². The fourth-order valence-corrected chi connectivity index (χ4v) is 6.02. The molecular formula is C37H46N6O7. The van der Waals surface area contributed by atoms with Crippen LogP contribution >= 0.6 is 0 Å². The lowest BCUT2D eigenvalue weighted by Crippen LogP contribution is -2.50. The number of furan rings is 1. The lowest BCUT2D eigenvalue weighted by atomic mass is 9.85. The second-order valence-corrected chi connectivity index (χ2v) is 12.7. The molecule has 1 heterocycles. The molecule has 0 radical (unpaired) electrons. The molecule has 2 atom stereocenters. The molecule has 1 aliphatic rings. The zero-order chi connectivity index (χ0) is 36.0. The van der Waals surface area contributed by atoms with Crippen LogP contribution in [0.4, 0.5) is 0 Å². The molecule has 6 amide bonds. The Hall–Kier alpha value is -5.46. The largest absolute Gasteiger partial charge is 0.469 e. The van der Waals surface area contributed by atoms with E-state index < -0.39 is 29.8 Å². The third-order valence-corrected chi connectivity index (χ3v) is 8.73. The normalized spacial score (nSPS) is 16.7. The molecule has 13 heteroatoms. The fourth-order valence-electron chi connectivity index (χ4n) is 6.02. The first-order valence-corrected chi connectivity index (χ1v) is 16.8. The summed E-state index contributed by atoms with van der Waals surface area (Å²) in [5, 5.41) is 14.2. The van der Waals surface area contributed by atoms with Crippen molar-refractivity contribution in [3.63, 3.8) is 0 Å². The molecule has 1 aliphatic carbocycles. The molecule has 1 saturated carbocycles. The highest BCUT2D eigenvalue weighted by Crippen LogP contribution is 2.25. The number of amides is 6. The minimum Gasteiger partial charge on any atom is -0.469 e. The summed E-state index contributed by atoms with van der Waals surface area (Å²) in [4.78, 5) is 74.7. The van der Waals surface area contributed by atoms with Crippen LogP contribution in [0.25, 0.3) is 0 Å². The van der Waals surface area contributed by atoms with Crippen LogP contribution in [-0.4, -0.2) is 53.6 Å². The van der Waals surface area contributed by atoms with Gasteiger partial charge in [0.05, 0.1) is 12.7 Å². The Morgan fingerprint density at radius 2 is 1.42 bits per heavy atom. The van der Waals surface area contributed by atoms with Crippen molar-refractivity contribution in [3.8, 4) is 0 Å². The number of hydrogen-bond donors (Lipinski definition) is 6. The highest BCUT2D eigenvalue weighted by atomic mass is 16.3. The lowest BCUT2D eigenvalue weighted by Gasteiger charge is -2.29. The number of nitrogens with one attached hydrogen (secondary N) is 5. The Morgan fingerprint density at radius 1 is 0.740 bits per heavy atom. The first kappa shape index (κ1) is 37.4. The van der Waals surface area contributed by atoms with Crippen LogP contribution in [-0.2, 0) is 61.1 Å². The van der Waals surface area contributed by atoms with Crippen molar-refractivity contribution in [2.75, 3.05) is 0 Å². The SMILES string of the molecule is CC(=O)NCc1ccc(C[C@H](NC(=O)Cc2ccccc2CNC(=O)[C@H](Cc2ccco2)NC(=O)[C@H]2CC[C@@H](NC(C)=O)CC2)C(N)=O)cc1. The summed E-state index contributed by atoms with van der Waals surface area (Å²) in [6.07, 6.45) is 4.37. The summed E-state index contributed by atoms with van der Waals surface area (Å²) in [7, 11) is 0. The van der Waals surface area contributed by atoms with E-state index in [4.69, 9.17) is 10.2 Å². The minimum atomic E-state index is -0.943. The fraction of sp³-hybridized carbons (Fsp3) is 0.405. The summed E-state index contributed by atoms with van der Waals surface area (Å²) in [6, 6.07) is 16.1. The van der Waals surface area contributed by atoms with E-state index >= 15 is 0 Å². The van der Waals surface area contributed by atoms with Crippen LogP contribution in [0.3, 0.4) is 0 Å². The number of carbonyl (C=O) groups is 6. The van der Waals surface area contributed by atoms with E-state index in [1.807, 2.05) is 24.3 Å². The van der Waals surface area contributed by atoms with Gasteiger partial charge in [-0.15, -0.1) is 0 Å². The van der Waals surface area contributed by atoms with Crippen molar-refractivity contribution in [3.05, 3.63) is 94.9 Å². The smallest absolute Gasteiger partial charge is 0.243 e. The average molecular weight is 687 g/mol. The molecule has 50 heavy (non-hydrogen) atoms. The minimum absolute atomic E-state index is 0.0444. The zero-order valence-electron chi connectivity index (χ0n) is 28.5. The van der Waals surface area contributed by atoms with Crippen LogP contribution < -0.4 is 32.3 Å². The Labute approximate surface area is 291 Å². The Balaban J connectivity index is 1.34. The van der Waals surface area contributed by atoms with E-state index in [0.29, 0.717) is 49.1 Å². The molecule has 1 fully saturated rings. The molecule has 1 aromatic heterocycles. The summed E-state index contributed by atoms with van der Waals surface area (Å²) < 4.78 is 5.46. The Morgan fingerprint density at radius 3 is 2.04 bits per heavy atom. The van der Waals surface area contributed by atoms with Gasteiger partial charge in [-0.1, -0.05) is 48.5 Å². The zero-order valence-corrected chi connectivity index (χ0v) is 28.5. The van der Waals surface area contributed by atoms with Gasteiger partial charge < -0.3 is 36.7 Å². The molecule has 2 aromatic carbocycles. The van der Waals surface area contributed by atoms with Gasteiger partial charge in [-0.05, 0) is 60.1 Å². The van der Waals surface area contributed by atoms with Gasteiger partial charge in [0.1, 0.15) is 17.8 Å². The van der Waals surface area contributed by atoms with Crippen LogP contribution in [0.1, 0.15) is 67.5 Å². The highest BCUT2D eigenvalue weighted by molar-refractivity contribution is 5.89. The first-order valence-electron chi connectivity index (χ1n) is 16.8. The van der Waals surface area contributed by atoms with Gasteiger partial charge in [0.15, 0.2) is 0 Å². The molecule has 4 rings (SSSR count). The summed E-state index contributed by atoms with van der Waals surface area (Å²) in [5.41, 5.74) is 8.66. The van der Waals surface area contributed by atoms with Gasteiger partial charge in [0, 0.05) is 51.7 Å². The second kappa shape index (κ2) is 18.3. The van der Waals surface area contributed by atoms with Crippen molar-refractivity contribution in [2.24, 2.45) is 11.7 Å². The first-order chi connectivity index (χ1) is 24.0. The Bertz CT molecular complexity index is 1630. The lowest BCUT2D eigenvalue weighted by molar-refractivity contribution is -0.132. The number of hydrogen-bond acceptors (Lipinski definition) is 7. The molecular weight excluding hydrogens is 640 g/mol. The van der Waals surface area contributed by atoms with E-state index in [1.165, 1.54) is 20.1 Å². The monoisotopic (exact) mass is 686 g/mol. The number of benzene rings is 2. The number of primary amides is 1.